The summed E-state index contributed by atoms with van der Waals surface area (Å²) in [4.78, 5) is 22.8. The van der Waals surface area contributed by atoms with Crippen molar-refractivity contribution in [2.45, 2.75) is 38.3 Å². The number of aliphatic hydroxyl groups is 1. The third-order valence-corrected chi connectivity index (χ3v) is 5.85. The molecule has 0 aromatic carbocycles. The minimum atomic E-state index is -0.612. The van der Waals surface area contributed by atoms with Crippen molar-refractivity contribution >= 4 is 5.78 Å². The zero-order valence-electron chi connectivity index (χ0n) is 14.5. The van der Waals surface area contributed by atoms with Crippen molar-refractivity contribution in [2.75, 3.05) is 26.3 Å². The lowest BCUT2D eigenvalue weighted by Crippen LogP contribution is -2.55. The highest BCUT2D eigenvalue weighted by atomic mass is 16.5. The van der Waals surface area contributed by atoms with Crippen molar-refractivity contribution in [1.29, 1.82) is 0 Å². The minimum absolute atomic E-state index is 0.152. The number of nitrogens with zero attached hydrogens (tertiary/aromatic N) is 4. The molecule has 4 rings (SSSR count). The van der Waals surface area contributed by atoms with E-state index in [0.29, 0.717) is 18.2 Å². The van der Waals surface area contributed by atoms with Crippen LogP contribution in [0.2, 0.25) is 0 Å². The van der Waals surface area contributed by atoms with Crippen molar-refractivity contribution in [3.05, 3.63) is 28.4 Å². The molecule has 25 heavy (non-hydrogen) atoms. The maximum Gasteiger partial charge on any atom is 0.274 e. The number of piperidine rings is 1. The Morgan fingerprint density at radius 3 is 3.00 bits per heavy atom. The van der Waals surface area contributed by atoms with Crippen LogP contribution in [0.5, 0.6) is 0 Å². The molecule has 4 heterocycles. The summed E-state index contributed by atoms with van der Waals surface area (Å²) >= 11 is 0. The molecule has 2 saturated heterocycles. The predicted octanol–water partition coefficient (Wildman–Crippen LogP) is 0.417. The van der Waals surface area contributed by atoms with Gasteiger partial charge < -0.3 is 9.84 Å². The highest BCUT2D eigenvalue weighted by Crippen LogP contribution is 2.39. The van der Waals surface area contributed by atoms with E-state index in [4.69, 9.17) is 4.74 Å². The number of H-pyrrole nitrogens is 1. The molecule has 2 fully saturated rings. The third-order valence-electron chi connectivity index (χ3n) is 5.85. The normalized spacial score (nSPS) is 29.3. The second kappa shape index (κ2) is 6.51. The van der Waals surface area contributed by atoms with E-state index in [-0.39, 0.29) is 11.5 Å². The fourth-order valence-corrected chi connectivity index (χ4v) is 4.35. The predicted molar refractivity (Wildman–Crippen MR) is 91.2 cm³/mol. The van der Waals surface area contributed by atoms with Crippen LogP contribution in [0, 0.1) is 11.8 Å². The van der Waals surface area contributed by atoms with Crippen LogP contribution in [-0.4, -0.2) is 61.5 Å². The van der Waals surface area contributed by atoms with E-state index in [9.17, 15) is 9.90 Å². The maximum absolute atomic E-state index is 12.1. The van der Waals surface area contributed by atoms with Crippen LogP contribution >= 0.6 is 0 Å². The summed E-state index contributed by atoms with van der Waals surface area (Å²) in [5, 5.41) is 14.0. The molecule has 2 N–H and O–H groups in total. The Balaban J connectivity index is 1.45. The summed E-state index contributed by atoms with van der Waals surface area (Å²) in [7, 11) is 0. The van der Waals surface area contributed by atoms with Gasteiger partial charge in [0.05, 0.1) is 11.3 Å². The monoisotopic (exact) mass is 347 g/mol. The van der Waals surface area contributed by atoms with Gasteiger partial charge in [-0.3, -0.25) is 14.8 Å². The van der Waals surface area contributed by atoms with E-state index in [1.54, 1.807) is 6.07 Å². The lowest BCUT2D eigenvalue weighted by atomic mass is 9.70. The van der Waals surface area contributed by atoms with E-state index in [1.165, 1.54) is 10.8 Å². The van der Waals surface area contributed by atoms with Gasteiger partial charge in [-0.2, -0.15) is 4.52 Å². The van der Waals surface area contributed by atoms with Crippen molar-refractivity contribution < 1.29 is 9.84 Å². The second-order valence-corrected chi connectivity index (χ2v) is 7.37. The topological polar surface area (TPSA) is 95.8 Å². The van der Waals surface area contributed by atoms with Crippen molar-refractivity contribution in [2.24, 2.45) is 11.8 Å². The lowest BCUT2D eigenvalue weighted by Gasteiger charge is -2.48. The Hall–Kier alpha value is -1.77. The number of hydrogen-bond donors (Lipinski definition) is 2. The molecule has 2 aliphatic rings. The van der Waals surface area contributed by atoms with Gasteiger partial charge in [-0.15, -0.1) is 0 Å². The number of rotatable bonds is 3. The van der Waals surface area contributed by atoms with Gasteiger partial charge in [0, 0.05) is 38.9 Å². The number of aromatic amines is 1. The molecule has 2 atom stereocenters. The van der Waals surface area contributed by atoms with Crippen LogP contribution < -0.4 is 5.56 Å². The summed E-state index contributed by atoms with van der Waals surface area (Å²) in [5.74, 6) is 0.896. The van der Waals surface area contributed by atoms with Gasteiger partial charge in [-0.1, -0.05) is 6.92 Å². The molecule has 2 aromatic heterocycles. The first-order valence-electron chi connectivity index (χ1n) is 9.01. The van der Waals surface area contributed by atoms with Crippen molar-refractivity contribution in [3.8, 4) is 0 Å². The Labute approximate surface area is 145 Å². The Bertz CT molecular complexity index is 797. The molecule has 8 nitrogen and oxygen atoms in total. The third kappa shape index (κ3) is 3.09. The summed E-state index contributed by atoms with van der Waals surface area (Å²) in [6.07, 6.45) is 4.09. The number of hydrogen-bond acceptors (Lipinski definition) is 6. The van der Waals surface area contributed by atoms with E-state index >= 15 is 0 Å². The van der Waals surface area contributed by atoms with Crippen molar-refractivity contribution in [1.82, 2.24) is 24.5 Å². The van der Waals surface area contributed by atoms with Gasteiger partial charge in [0.25, 0.3) is 11.3 Å². The standard InChI is InChI=1S/C17H25N5O3/c1-12-9-21(5-4-17(12,24)13-2-6-25-7-3-13)10-14-8-15(23)22-16(20-14)18-11-19-22/h8,11-13,24H,2-7,9-10H2,1H3,(H,18,19,20)/t12-,17+/m1/s1. The van der Waals surface area contributed by atoms with Crippen LogP contribution in [0.4, 0.5) is 0 Å². The fraction of sp³-hybridized carbons (Fsp3) is 0.706. The Morgan fingerprint density at radius 1 is 1.44 bits per heavy atom. The van der Waals surface area contributed by atoms with E-state index in [2.05, 4.69) is 26.9 Å². The minimum Gasteiger partial charge on any atom is -0.389 e. The first-order valence-corrected chi connectivity index (χ1v) is 9.01. The molecule has 0 bridgehead atoms. The van der Waals surface area contributed by atoms with Crippen LogP contribution in [-0.2, 0) is 11.3 Å². The van der Waals surface area contributed by atoms with Gasteiger partial charge in [-0.05, 0) is 31.1 Å². The number of fused-ring (bicyclic) bond motifs is 1. The fourth-order valence-electron chi connectivity index (χ4n) is 4.35. The number of likely N-dealkylation sites (tertiary alicyclic amines) is 1. The largest absolute Gasteiger partial charge is 0.389 e. The molecule has 0 amide bonds. The maximum atomic E-state index is 12.1. The average molecular weight is 347 g/mol. The van der Waals surface area contributed by atoms with Crippen LogP contribution in [0.3, 0.4) is 0 Å². The van der Waals surface area contributed by atoms with Crippen LogP contribution in [0.25, 0.3) is 5.78 Å². The molecule has 0 spiro atoms. The summed E-state index contributed by atoms with van der Waals surface area (Å²) in [5.41, 5.74) is -0.0403. The molecule has 2 aliphatic heterocycles. The Kier molecular flexibility index (Phi) is 4.35. The molecule has 0 radical (unpaired) electrons. The SMILES string of the molecule is C[C@@H]1CN(Cc2cc(=O)n3[nH]cnc3n2)CC[C@@]1(O)C1CCOCC1. The molecule has 0 saturated carbocycles. The first kappa shape index (κ1) is 16.7. The van der Waals surface area contributed by atoms with E-state index < -0.39 is 5.60 Å². The smallest absolute Gasteiger partial charge is 0.274 e. The molecular formula is C17H25N5O3. The second-order valence-electron chi connectivity index (χ2n) is 7.37. The molecular weight excluding hydrogens is 322 g/mol. The van der Waals surface area contributed by atoms with Gasteiger partial charge in [-0.25, -0.2) is 9.97 Å². The molecule has 136 valence electrons. The Morgan fingerprint density at radius 2 is 2.24 bits per heavy atom. The molecule has 8 heteroatoms. The van der Waals surface area contributed by atoms with E-state index in [1.807, 2.05) is 0 Å². The summed E-state index contributed by atoms with van der Waals surface area (Å²) < 4.78 is 6.77. The highest BCUT2D eigenvalue weighted by molar-refractivity contribution is 5.26. The summed E-state index contributed by atoms with van der Waals surface area (Å²) in [6.45, 7) is 5.84. The molecule has 2 aromatic rings. The summed E-state index contributed by atoms with van der Waals surface area (Å²) in [6, 6.07) is 1.55. The zero-order valence-corrected chi connectivity index (χ0v) is 14.5. The first-order chi connectivity index (χ1) is 12.1. The zero-order chi connectivity index (χ0) is 17.4. The van der Waals surface area contributed by atoms with Crippen LogP contribution in [0.15, 0.2) is 17.2 Å². The van der Waals surface area contributed by atoms with Gasteiger partial charge in [0.15, 0.2) is 0 Å². The van der Waals surface area contributed by atoms with Gasteiger partial charge in [0.1, 0.15) is 6.33 Å². The lowest BCUT2D eigenvalue weighted by molar-refractivity contribution is -0.131. The van der Waals surface area contributed by atoms with Crippen LogP contribution in [0.1, 0.15) is 31.9 Å². The van der Waals surface area contributed by atoms with Crippen molar-refractivity contribution in [3.63, 3.8) is 0 Å². The van der Waals surface area contributed by atoms with Gasteiger partial charge in [0.2, 0.25) is 0 Å². The number of aromatic nitrogens is 4. The van der Waals surface area contributed by atoms with E-state index in [0.717, 1.165) is 51.3 Å². The van der Waals surface area contributed by atoms with Gasteiger partial charge >= 0.3 is 0 Å². The number of nitrogens with one attached hydrogen (secondary N) is 1. The quantitative estimate of drug-likeness (QED) is 0.835. The highest BCUT2D eigenvalue weighted by Gasteiger charge is 2.45. The molecule has 0 unspecified atom stereocenters. The average Bonchev–Trinajstić information content (AvgIpc) is 3.08. The molecule has 0 aliphatic carbocycles. The number of ether oxygens (including phenoxy) is 1.